The fourth-order valence-corrected chi connectivity index (χ4v) is 3.23. The molecule has 1 aromatic rings. The van der Waals surface area contributed by atoms with Crippen molar-refractivity contribution >= 4 is 11.9 Å². The van der Waals surface area contributed by atoms with Gasteiger partial charge in [-0.25, -0.2) is 4.39 Å². The molecule has 6 heteroatoms. The van der Waals surface area contributed by atoms with Crippen LogP contribution in [0.3, 0.4) is 0 Å². The molecule has 1 aromatic carbocycles. The molecule has 1 fully saturated rings. The van der Waals surface area contributed by atoms with Gasteiger partial charge in [-0.1, -0.05) is 32.9 Å². The highest BCUT2D eigenvalue weighted by molar-refractivity contribution is 5.82. The standard InChI is InChI=1S/C19H28FN3O2/c1-13-10-23(11-16(13)17(24)25-5)18(21-4)22-12-19(2,3)14-6-8-15(20)9-7-14/h6-9,13,16H,10-12H2,1-5H3,(H,21,22). The summed E-state index contributed by atoms with van der Waals surface area (Å²) in [6.07, 6.45) is 0. The summed E-state index contributed by atoms with van der Waals surface area (Å²) in [5.74, 6) is 0.457. The fraction of sp³-hybridized carbons (Fsp3) is 0.579. The SMILES string of the molecule is CN=C(NCC(C)(C)c1ccc(F)cc1)N1CC(C)C(C(=O)OC)C1. The summed E-state index contributed by atoms with van der Waals surface area (Å²) in [5, 5.41) is 3.39. The Hall–Kier alpha value is -2.11. The van der Waals surface area contributed by atoms with E-state index in [0.29, 0.717) is 13.1 Å². The molecular formula is C19H28FN3O2. The van der Waals surface area contributed by atoms with Gasteiger partial charge in [0, 0.05) is 32.1 Å². The maximum Gasteiger partial charge on any atom is 0.310 e. The molecule has 5 nitrogen and oxygen atoms in total. The second kappa shape index (κ2) is 7.85. The highest BCUT2D eigenvalue weighted by Gasteiger charge is 2.37. The van der Waals surface area contributed by atoms with Gasteiger partial charge >= 0.3 is 5.97 Å². The van der Waals surface area contributed by atoms with E-state index in [2.05, 4.69) is 36.0 Å². The summed E-state index contributed by atoms with van der Waals surface area (Å²) < 4.78 is 18.0. The van der Waals surface area contributed by atoms with Gasteiger partial charge in [0.25, 0.3) is 0 Å². The summed E-state index contributed by atoms with van der Waals surface area (Å²) in [5.41, 5.74) is 0.871. The van der Waals surface area contributed by atoms with Crippen LogP contribution in [0.5, 0.6) is 0 Å². The summed E-state index contributed by atoms with van der Waals surface area (Å²) >= 11 is 0. The van der Waals surface area contributed by atoms with Crippen LogP contribution >= 0.6 is 0 Å². The number of nitrogens with zero attached hydrogens (tertiary/aromatic N) is 2. The molecule has 0 bridgehead atoms. The molecule has 2 rings (SSSR count). The van der Waals surface area contributed by atoms with E-state index in [1.54, 1.807) is 7.05 Å². The Morgan fingerprint density at radius 1 is 1.36 bits per heavy atom. The number of likely N-dealkylation sites (tertiary alicyclic amines) is 1. The number of aliphatic imine (C=N–C) groups is 1. The quantitative estimate of drug-likeness (QED) is 0.515. The zero-order chi connectivity index (χ0) is 18.6. The summed E-state index contributed by atoms with van der Waals surface area (Å²) in [6, 6.07) is 6.58. The minimum Gasteiger partial charge on any atom is -0.469 e. The molecular weight excluding hydrogens is 321 g/mol. The smallest absolute Gasteiger partial charge is 0.310 e. The first-order valence-corrected chi connectivity index (χ1v) is 8.58. The van der Waals surface area contributed by atoms with Crippen LogP contribution in [0.25, 0.3) is 0 Å². The number of carbonyl (C=O) groups is 1. The predicted octanol–water partition coefficient (Wildman–Crippen LogP) is 2.42. The zero-order valence-electron chi connectivity index (χ0n) is 15.7. The molecule has 0 aromatic heterocycles. The van der Waals surface area contributed by atoms with Crippen LogP contribution in [0.1, 0.15) is 26.3 Å². The summed E-state index contributed by atoms with van der Waals surface area (Å²) in [4.78, 5) is 18.3. The number of esters is 1. The number of guanidine groups is 1. The van der Waals surface area contributed by atoms with Gasteiger partial charge in [0.15, 0.2) is 5.96 Å². The van der Waals surface area contributed by atoms with Gasteiger partial charge in [-0.05, 0) is 23.6 Å². The molecule has 25 heavy (non-hydrogen) atoms. The minimum absolute atomic E-state index is 0.131. The van der Waals surface area contributed by atoms with Gasteiger partial charge < -0.3 is 15.0 Å². The van der Waals surface area contributed by atoms with Gasteiger partial charge in [0.1, 0.15) is 5.82 Å². The molecule has 1 heterocycles. The molecule has 1 aliphatic heterocycles. The van der Waals surface area contributed by atoms with Crippen LogP contribution in [0.2, 0.25) is 0 Å². The monoisotopic (exact) mass is 349 g/mol. The van der Waals surface area contributed by atoms with Crippen molar-refractivity contribution in [2.45, 2.75) is 26.2 Å². The number of methoxy groups -OCH3 is 1. The predicted molar refractivity (Wildman–Crippen MR) is 97.0 cm³/mol. The van der Waals surface area contributed by atoms with Gasteiger partial charge in [0.2, 0.25) is 0 Å². The van der Waals surface area contributed by atoms with E-state index in [-0.39, 0.29) is 29.0 Å². The molecule has 0 radical (unpaired) electrons. The number of hydrogen-bond donors (Lipinski definition) is 1. The first-order chi connectivity index (χ1) is 11.8. The number of carbonyl (C=O) groups excluding carboxylic acids is 1. The summed E-state index contributed by atoms with van der Waals surface area (Å²) in [6.45, 7) is 8.27. The topological polar surface area (TPSA) is 53.9 Å². The molecule has 138 valence electrons. The maximum atomic E-state index is 13.1. The minimum atomic E-state index is -0.233. The average molecular weight is 349 g/mol. The van der Waals surface area contributed by atoms with Crippen LogP contribution in [0.4, 0.5) is 4.39 Å². The third-order valence-corrected chi connectivity index (χ3v) is 4.94. The van der Waals surface area contributed by atoms with Crippen molar-refractivity contribution in [3.05, 3.63) is 35.6 Å². The molecule has 0 saturated carbocycles. The number of rotatable bonds is 4. The fourth-order valence-electron chi connectivity index (χ4n) is 3.23. The second-order valence-corrected chi connectivity index (χ2v) is 7.30. The number of benzene rings is 1. The second-order valence-electron chi connectivity index (χ2n) is 7.30. The van der Waals surface area contributed by atoms with Crippen molar-refractivity contribution in [3.63, 3.8) is 0 Å². The number of nitrogens with one attached hydrogen (secondary N) is 1. The lowest BCUT2D eigenvalue weighted by Gasteiger charge is -2.29. The number of halogens is 1. The van der Waals surface area contributed by atoms with E-state index in [4.69, 9.17) is 4.74 Å². The van der Waals surface area contributed by atoms with Crippen LogP contribution in [0, 0.1) is 17.7 Å². The van der Waals surface area contributed by atoms with Crippen molar-refractivity contribution in [2.75, 3.05) is 33.8 Å². The lowest BCUT2D eigenvalue weighted by Crippen LogP contribution is -2.45. The maximum absolute atomic E-state index is 13.1. The van der Waals surface area contributed by atoms with Crippen LogP contribution in [-0.4, -0.2) is 50.6 Å². The van der Waals surface area contributed by atoms with E-state index in [1.807, 2.05) is 12.1 Å². The third kappa shape index (κ3) is 4.50. The van der Waals surface area contributed by atoms with Gasteiger partial charge in [-0.2, -0.15) is 0 Å². The summed E-state index contributed by atoms with van der Waals surface area (Å²) in [7, 11) is 3.17. The van der Waals surface area contributed by atoms with Gasteiger partial charge in [0.05, 0.1) is 13.0 Å². The van der Waals surface area contributed by atoms with Gasteiger partial charge in [-0.15, -0.1) is 0 Å². The molecule has 0 amide bonds. The Morgan fingerprint density at radius 2 is 2.00 bits per heavy atom. The molecule has 1 N–H and O–H groups in total. The van der Waals surface area contributed by atoms with E-state index in [1.165, 1.54) is 19.2 Å². The Labute approximate surface area is 149 Å². The van der Waals surface area contributed by atoms with Crippen LogP contribution in [-0.2, 0) is 14.9 Å². The first-order valence-electron chi connectivity index (χ1n) is 8.58. The van der Waals surface area contributed by atoms with Gasteiger partial charge in [-0.3, -0.25) is 9.79 Å². The van der Waals surface area contributed by atoms with E-state index in [0.717, 1.165) is 18.1 Å². The van der Waals surface area contributed by atoms with E-state index in [9.17, 15) is 9.18 Å². The lowest BCUT2D eigenvalue weighted by atomic mass is 9.84. The average Bonchev–Trinajstić information content (AvgIpc) is 2.96. The Bertz CT molecular complexity index is 628. The van der Waals surface area contributed by atoms with Crippen LogP contribution < -0.4 is 5.32 Å². The Balaban J connectivity index is 2.01. The Morgan fingerprint density at radius 3 is 2.56 bits per heavy atom. The molecule has 0 aliphatic carbocycles. The van der Waals surface area contributed by atoms with E-state index < -0.39 is 0 Å². The largest absolute Gasteiger partial charge is 0.469 e. The Kier molecular flexibility index (Phi) is 6.03. The highest BCUT2D eigenvalue weighted by atomic mass is 19.1. The van der Waals surface area contributed by atoms with E-state index >= 15 is 0 Å². The van der Waals surface area contributed by atoms with Crippen LogP contribution in [0.15, 0.2) is 29.3 Å². The van der Waals surface area contributed by atoms with Crippen molar-refractivity contribution in [3.8, 4) is 0 Å². The first kappa shape index (κ1) is 19.2. The molecule has 1 saturated heterocycles. The lowest BCUT2D eigenvalue weighted by molar-refractivity contribution is -0.145. The molecule has 2 unspecified atom stereocenters. The number of ether oxygens (including phenoxy) is 1. The molecule has 2 atom stereocenters. The van der Waals surface area contributed by atoms with Crippen molar-refractivity contribution in [1.82, 2.24) is 10.2 Å². The normalized spacial score (nSPS) is 21.4. The van der Waals surface area contributed by atoms with Crippen molar-refractivity contribution < 1.29 is 13.9 Å². The third-order valence-electron chi connectivity index (χ3n) is 4.94. The molecule has 1 aliphatic rings. The number of hydrogen-bond acceptors (Lipinski definition) is 3. The molecule has 0 spiro atoms. The van der Waals surface area contributed by atoms with Crippen molar-refractivity contribution in [2.24, 2.45) is 16.8 Å². The van der Waals surface area contributed by atoms with Crippen molar-refractivity contribution in [1.29, 1.82) is 0 Å². The highest BCUT2D eigenvalue weighted by Crippen LogP contribution is 2.25. The zero-order valence-corrected chi connectivity index (χ0v) is 15.7.